The van der Waals surface area contributed by atoms with Gasteiger partial charge in [-0.15, -0.1) is 5.10 Å². The van der Waals surface area contributed by atoms with Crippen LogP contribution in [0.1, 0.15) is 45.7 Å². The summed E-state index contributed by atoms with van der Waals surface area (Å²) < 4.78 is 5.97. The Morgan fingerprint density at radius 1 is 1.33 bits per heavy atom. The minimum absolute atomic E-state index is 0.334. The SMILES string of the molecule is CC1CC(OCc2ccc(Cl)nn2)CC(C)(C)C1. The van der Waals surface area contributed by atoms with Gasteiger partial charge in [0.05, 0.1) is 18.4 Å². The molecule has 0 radical (unpaired) electrons. The molecule has 0 amide bonds. The zero-order valence-corrected chi connectivity index (χ0v) is 12.1. The van der Waals surface area contributed by atoms with Crippen molar-refractivity contribution in [3.63, 3.8) is 0 Å². The summed E-state index contributed by atoms with van der Waals surface area (Å²) in [6, 6.07) is 3.62. The summed E-state index contributed by atoms with van der Waals surface area (Å²) >= 11 is 5.70. The van der Waals surface area contributed by atoms with E-state index in [4.69, 9.17) is 16.3 Å². The highest BCUT2D eigenvalue weighted by Gasteiger charge is 2.32. The number of hydrogen-bond donors (Lipinski definition) is 0. The number of aromatic nitrogens is 2. The number of ether oxygens (including phenoxy) is 1. The molecule has 1 aliphatic carbocycles. The first-order chi connectivity index (χ1) is 8.44. The monoisotopic (exact) mass is 268 g/mol. The van der Waals surface area contributed by atoms with E-state index in [-0.39, 0.29) is 0 Å². The highest BCUT2D eigenvalue weighted by molar-refractivity contribution is 6.29. The molecule has 0 N–H and O–H groups in total. The minimum Gasteiger partial charge on any atom is -0.372 e. The van der Waals surface area contributed by atoms with Gasteiger partial charge in [-0.05, 0) is 42.7 Å². The van der Waals surface area contributed by atoms with Crippen LogP contribution in [-0.2, 0) is 11.3 Å². The highest BCUT2D eigenvalue weighted by Crippen LogP contribution is 2.39. The van der Waals surface area contributed by atoms with Crippen LogP contribution in [0, 0.1) is 11.3 Å². The van der Waals surface area contributed by atoms with Gasteiger partial charge in [0.2, 0.25) is 0 Å². The maximum atomic E-state index is 5.97. The molecule has 4 heteroatoms. The van der Waals surface area contributed by atoms with Crippen LogP contribution in [-0.4, -0.2) is 16.3 Å². The summed E-state index contributed by atoms with van der Waals surface area (Å²) in [4.78, 5) is 0. The maximum Gasteiger partial charge on any atom is 0.151 e. The van der Waals surface area contributed by atoms with Crippen molar-refractivity contribution in [1.29, 1.82) is 0 Å². The van der Waals surface area contributed by atoms with E-state index in [2.05, 4.69) is 31.0 Å². The van der Waals surface area contributed by atoms with Crippen molar-refractivity contribution in [2.45, 2.75) is 52.7 Å². The van der Waals surface area contributed by atoms with E-state index in [1.807, 2.05) is 6.07 Å². The fourth-order valence-electron chi connectivity index (χ4n) is 3.01. The summed E-state index contributed by atoms with van der Waals surface area (Å²) in [6.45, 7) is 7.47. The fraction of sp³-hybridized carbons (Fsp3) is 0.714. The molecule has 0 aliphatic heterocycles. The zero-order valence-electron chi connectivity index (χ0n) is 11.3. The average Bonchev–Trinajstić information content (AvgIpc) is 2.25. The second-order valence-corrected chi connectivity index (χ2v) is 6.58. The van der Waals surface area contributed by atoms with Crippen LogP contribution in [0.25, 0.3) is 0 Å². The molecule has 3 nitrogen and oxygen atoms in total. The van der Waals surface area contributed by atoms with Crippen LogP contribution in [0.5, 0.6) is 0 Å². The van der Waals surface area contributed by atoms with Crippen molar-refractivity contribution in [2.24, 2.45) is 11.3 Å². The van der Waals surface area contributed by atoms with Crippen molar-refractivity contribution < 1.29 is 4.74 Å². The Hall–Kier alpha value is -0.670. The molecule has 1 aromatic rings. The first-order valence-corrected chi connectivity index (χ1v) is 6.92. The van der Waals surface area contributed by atoms with Gasteiger partial charge in [0.15, 0.2) is 5.15 Å². The van der Waals surface area contributed by atoms with E-state index in [9.17, 15) is 0 Å². The van der Waals surface area contributed by atoms with Crippen LogP contribution in [0.3, 0.4) is 0 Å². The van der Waals surface area contributed by atoms with Gasteiger partial charge < -0.3 is 4.74 Å². The minimum atomic E-state index is 0.334. The maximum absolute atomic E-state index is 5.97. The Morgan fingerprint density at radius 2 is 2.11 bits per heavy atom. The van der Waals surface area contributed by atoms with Crippen LogP contribution in [0.15, 0.2) is 12.1 Å². The summed E-state index contributed by atoms with van der Waals surface area (Å²) in [6.07, 6.45) is 3.89. The summed E-state index contributed by atoms with van der Waals surface area (Å²) in [7, 11) is 0. The second kappa shape index (κ2) is 5.54. The van der Waals surface area contributed by atoms with Gasteiger partial charge in [-0.2, -0.15) is 5.10 Å². The molecular weight excluding hydrogens is 248 g/mol. The molecular formula is C14H21ClN2O. The molecule has 0 spiro atoms. The van der Waals surface area contributed by atoms with Crippen molar-refractivity contribution >= 4 is 11.6 Å². The molecule has 0 saturated heterocycles. The van der Waals surface area contributed by atoms with Gasteiger partial charge in [0, 0.05) is 0 Å². The standard InChI is InChI=1S/C14H21ClN2O/c1-10-6-12(8-14(2,3)7-10)18-9-11-4-5-13(15)17-16-11/h4-5,10,12H,6-9H2,1-3H3. The molecule has 18 heavy (non-hydrogen) atoms. The van der Waals surface area contributed by atoms with E-state index in [1.54, 1.807) is 6.07 Å². The number of rotatable bonds is 3. The van der Waals surface area contributed by atoms with E-state index < -0.39 is 0 Å². The number of halogens is 1. The molecule has 100 valence electrons. The number of hydrogen-bond acceptors (Lipinski definition) is 3. The Kier molecular flexibility index (Phi) is 4.23. The van der Waals surface area contributed by atoms with E-state index in [1.165, 1.54) is 6.42 Å². The molecule has 0 aromatic carbocycles. The summed E-state index contributed by atoms with van der Waals surface area (Å²) in [5, 5.41) is 8.26. The summed E-state index contributed by atoms with van der Waals surface area (Å²) in [5.41, 5.74) is 1.23. The highest BCUT2D eigenvalue weighted by atomic mass is 35.5. The largest absolute Gasteiger partial charge is 0.372 e. The van der Waals surface area contributed by atoms with Gasteiger partial charge in [-0.25, -0.2) is 0 Å². The topological polar surface area (TPSA) is 35.0 Å². The average molecular weight is 269 g/mol. The van der Waals surface area contributed by atoms with Crippen LogP contribution < -0.4 is 0 Å². The Morgan fingerprint density at radius 3 is 2.72 bits per heavy atom. The third kappa shape index (κ3) is 3.92. The Balaban J connectivity index is 1.88. The van der Waals surface area contributed by atoms with Gasteiger partial charge in [0.25, 0.3) is 0 Å². The Labute approximate surface area is 114 Å². The molecule has 1 saturated carbocycles. The molecule has 1 aromatic heterocycles. The normalized spacial score (nSPS) is 27.1. The van der Waals surface area contributed by atoms with Crippen LogP contribution in [0.4, 0.5) is 0 Å². The van der Waals surface area contributed by atoms with Crippen molar-refractivity contribution in [2.75, 3.05) is 0 Å². The van der Waals surface area contributed by atoms with Crippen molar-refractivity contribution in [3.05, 3.63) is 23.0 Å². The predicted octanol–water partition coefficient (Wildman–Crippen LogP) is 3.86. The molecule has 2 rings (SSSR count). The smallest absolute Gasteiger partial charge is 0.151 e. The predicted molar refractivity (Wildman–Crippen MR) is 72.4 cm³/mol. The molecule has 2 atom stereocenters. The number of nitrogens with zero attached hydrogens (tertiary/aromatic N) is 2. The third-order valence-corrected chi connectivity index (χ3v) is 3.70. The zero-order chi connectivity index (χ0) is 13.2. The molecule has 0 bridgehead atoms. The van der Waals surface area contributed by atoms with Gasteiger partial charge in [-0.3, -0.25) is 0 Å². The summed E-state index contributed by atoms with van der Waals surface area (Å²) in [5.74, 6) is 0.732. The van der Waals surface area contributed by atoms with Crippen molar-refractivity contribution in [1.82, 2.24) is 10.2 Å². The van der Waals surface area contributed by atoms with E-state index >= 15 is 0 Å². The fourth-order valence-corrected chi connectivity index (χ4v) is 3.11. The van der Waals surface area contributed by atoms with Gasteiger partial charge in [-0.1, -0.05) is 32.4 Å². The first kappa shape index (κ1) is 13.8. The first-order valence-electron chi connectivity index (χ1n) is 6.54. The van der Waals surface area contributed by atoms with Gasteiger partial charge in [0.1, 0.15) is 0 Å². The molecule has 2 unspecified atom stereocenters. The molecule has 1 heterocycles. The van der Waals surface area contributed by atoms with Gasteiger partial charge >= 0.3 is 0 Å². The lowest BCUT2D eigenvalue weighted by atomic mass is 9.71. The van der Waals surface area contributed by atoms with E-state index in [0.717, 1.165) is 24.5 Å². The molecule has 1 fully saturated rings. The van der Waals surface area contributed by atoms with Crippen LogP contribution in [0.2, 0.25) is 5.15 Å². The van der Waals surface area contributed by atoms with Crippen LogP contribution >= 0.6 is 11.6 Å². The lowest BCUT2D eigenvalue weighted by Gasteiger charge is -2.38. The lowest BCUT2D eigenvalue weighted by Crippen LogP contribution is -2.32. The lowest BCUT2D eigenvalue weighted by molar-refractivity contribution is -0.0328. The Bertz CT molecular complexity index is 391. The quantitative estimate of drug-likeness (QED) is 0.835. The second-order valence-electron chi connectivity index (χ2n) is 6.19. The third-order valence-electron chi connectivity index (χ3n) is 3.50. The molecule has 1 aliphatic rings. The van der Waals surface area contributed by atoms with Crippen molar-refractivity contribution in [3.8, 4) is 0 Å². The van der Waals surface area contributed by atoms with E-state index in [0.29, 0.717) is 23.3 Å².